The number of aromatic nitrogens is 2. The summed E-state index contributed by atoms with van der Waals surface area (Å²) in [6.07, 6.45) is 1.62. The van der Waals surface area contributed by atoms with Crippen molar-refractivity contribution in [3.05, 3.63) is 47.3 Å². The SMILES string of the molecule is Cc1ccc(-n2ncc(C(=O)N3CCNC(=O)C3)c2C(C)C)cc1. The molecule has 2 heterocycles. The predicted octanol–water partition coefficient (Wildman–Crippen LogP) is 1.88. The summed E-state index contributed by atoms with van der Waals surface area (Å²) in [5.41, 5.74) is 3.54. The van der Waals surface area contributed by atoms with Crippen molar-refractivity contribution in [1.29, 1.82) is 0 Å². The lowest BCUT2D eigenvalue weighted by Crippen LogP contribution is -2.50. The molecule has 1 aliphatic heterocycles. The van der Waals surface area contributed by atoms with E-state index in [9.17, 15) is 9.59 Å². The molecule has 1 aromatic carbocycles. The number of piperazine rings is 1. The zero-order valence-electron chi connectivity index (χ0n) is 14.2. The van der Waals surface area contributed by atoms with E-state index in [-0.39, 0.29) is 24.3 Å². The van der Waals surface area contributed by atoms with Gasteiger partial charge < -0.3 is 10.2 Å². The van der Waals surface area contributed by atoms with Gasteiger partial charge in [0.2, 0.25) is 5.91 Å². The summed E-state index contributed by atoms with van der Waals surface area (Å²) >= 11 is 0. The van der Waals surface area contributed by atoms with Crippen LogP contribution in [0.5, 0.6) is 0 Å². The quantitative estimate of drug-likeness (QED) is 0.936. The van der Waals surface area contributed by atoms with Gasteiger partial charge in [0.1, 0.15) is 0 Å². The fourth-order valence-electron chi connectivity index (χ4n) is 2.95. The van der Waals surface area contributed by atoms with Crippen LogP contribution in [0.2, 0.25) is 0 Å². The Kier molecular flexibility index (Phi) is 4.38. The van der Waals surface area contributed by atoms with E-state index in [0.717, 1.165) is 11.4 Å². The molecule has 0 aliphatic carbocycles. The first-order valence-electron chi connectivity index (χ1n) is 8.18. The van der Waals surface area contributed by atoms with Crippen LogP contribution < -0.4 is 5.32 Å². The van der Waals surface area contributed by atoms with Crippen LogP contribution in [0.1, 0.15) is 41.4 Å². The van der Waals surface area contributed by atoms with E-state index in [1.54, 1.807) is 11.1 Å². The number of amides is 2. The lowest BCUT2D eigenvalue weighted by atomic mass is 10.0. The summed E-state index contributed by atoms with van der Waals surface area (Å²) in [6, 6.07) is 8.04. The number of hydrogen-bond donors (Lipinski definition) is 1. The van der Waals surface area contributed by atoms with Crippen molar-refractivity contribution in [1.82, 2.24) is 20.0 Å². The van der Waals surface area contributed by atoms with Crippen molar-refractivity contribution in [2.45, 2.75) is 26.7 Å². The van der Waals surface area contributed by atoms with Crippen molar-refractivity contribution in [3.8, 4) is 5.69 Å². The van der Waals surface area contributed by atoms with Crippen molar-refractivity contribution in [2.75, 3.05) is 19.6 Å². The third-order valence-electron chi connectivity index (χ3n) is 4.19. The normalized spacial score (nSPS) is 14.8. The molecule has 1 fully saturated rings. The first kappa shape index (κ1) is 16.2. The second kappa shape index (κ2) is 6.47. The largest absolute Gasteiger partial charge is 0.353 e. The molecule has 0 spiro atoms. The van der Waals surface area contributed by atoms with Gasteiger partial charge in [-0.25, -0.2) is 4.68 Å². The molecular weight excluding hydrogens is 304 g/mol. The van der Waals surface area contributed by atoms with Crippen molar-refractivity contribution < 1.29 is 9.59 Å². The number of aryl methyl sites for hydroxylation is 1. The van der Waals surface area contributed by atoms with Gasteiger partial charge in [0.15, 0.2) is 0 Å². The highest BCUT2D eigenvalue weighted by Gasteiger charge is 2.27. The van der Waals surface area contributed by atoms with E-state index in [4.69, 9.17) is 0 Å². The number of carbonyl (C=O) groups excluding carboxylic acids is 2. The summed E-state index contributed by atoms with van der Waals surface area (Å²) in [5.74, 6) is -0.120. The summed E-state index contributed by atoms with van der Waals surface area (Å²) < 4.78 is 1.82. The lowest BCUT2D eigenvalue weighted by molar-refractivity contribution is -0.123. The molecule has 0 saturated carbocycles. The molecule has 1 aromatic heterocycles. The van der Waals surface area contributed by atoms with Gasteiger partial charge in [-0.3, -0.25) is 9.59 Å². The van der Waals surface area contributed by atoms with Crippen molar-refractivity contribution in [2.24, 2.45) is 0 Å². The minimum atomic E-state index is -0.132. The maximum absolute atomic E-state index is 12.9. The van der Waals surface area contributed by atoms with Crippen molar-refractivity contribution in [3.63, 3.8) is 0 Å². The zero-order valence-corrected chi connectivity index (χ0v) is 14.2. The molecule has 1 saturated heterocycles. The van der Waals surface area contributed by atoms with E-state index < -0.39 is 0 Å². The summed E-state index contributed by atoms with van der Waals surface area (Å²) in [7, 11) is 0. The Bertz CT molecular complexity index is 762. The number of nitrogens with zero attached hydrogens (tertiary/aromatic N) is 3. The maximum Gasteiger partial charge on any atom is 0.257 e. The fraction of sp³-hybridized carbons (Fsp3) is 0.389. The van der Waals surface area contributed by atoms with Crippen LogP contribution in [0.25, 0.3) is 5.69 Å². The Morgan fingerprint density at radius 1 is 1.25 bits per heavy atom. The van der Waals surface area contributed by atoms with Gasteiger partial charge in [0, 0.05) is 13.1 Å². The Hall–Kier alpha value is -2.63. The van der Waals surface area contributed by atoms with Crippen LogP contribution in [-0.4, -0.2) is 46.1 Å². The molecule has 0 atom stereocenters. The topological polar surface area (TPSA) is 67.2 Å². The van der Waals surface area contributed by atoms with Gasteiger partial charge in [-0.1, -0.05) is 31.5 Å². The highest BCUT2D eigenvalue weighted by atomic mass is 16.2. The molecule has 2 amide bonds. The molecule has 0 bridgehead atoms. The highest BCUT2D eigenvalue weighted by molar-refractivity contribution is 5.98. The van der Waals surface area contributed by atoms with E-state index in [0.29, 0.717) is 18.7 Å². The lowest BCUT2D eigenvalue weighted by Gasteiger charge is -2.27. The van der Waals surface area contributed by atoms with Crippen LogP contribution in [0.4, 0.5) is 0 Å². The first-order valence-corrected chi connectivity index (χ1v) is 8.18. The smallest absolute Gasteiger partial charge is 0.257 e. The summed E-state index contributed by atoms with van der Waals surface area (Å²) in [4.78, 5) is 26.0. The van der Waals surface area contributed by atoms with Crippen LogP contribution >= 0.6 is 0 Å². The highest BCUT2D eigenvalue weighted by Crippen LogP contribution is 2.24. The van der Waals surface area contributed by atoms with Gasteiger partial charge >= 0.3 is 0 Å². The van der Waals surface area contributed by atoms with Crippen LogP contribution in [0, 0.1) is 6.92 Å². The minimum absolute atomic E-state index is 0.103. The molecule has 0 unspecified atom stereocenters. The molecular formula is C18H22N4O2. The number of benzene rings is 1. The van der Waals surface area contributed by atoms with E-state index in [1.807, 2.05) is 49.7 Å². The Morgan fingerprint density at radius 3 is 2.58 bits per heavy atom. The molecule has 0 radical (unpaired) electrons. The monoisotopic (exact) mass is 326 g/mol. The Morgan fingerprint density at radius 2 is 1.96 bits per heavy atom. The zero-order chi connectivity index (χ0) is 17.3. The number of rotatable bonds is 3. The molecule has 6 nitrogen and oxygen atoms in total. The fourth-order valence-corrected chi connectivity index (χ4v) is 2.95. The van der Waals surface area contributed by atoms with Crippen LogP contribution in [-0.2, 0) is 4.79 Å². The van der Waals surface area contributed by atoms with E-state index in [1.165, 1.54) is 5.56 Å². The second-order valence-electron chi connectivity index (χ2n) is 6.42. The van der Waals surface area contributed by atoms with Gasteiger partial charge in [0.05, 0.1) is 29.7 Å². The molecule has 1 aliphatic rings. The first-order chi connectivity index (χ1) is 11.5. The summed E-state index contributed by atoms with van der Waals surface area (Å²) in [5, 5.41) is 7.18. The molecule has 2 aromatic rings. The maximum atomic E-state index is 12.9. The molecule has 6 heteroatoms. The molecule has 24 heavy (non-hydrogen) atoms. The van der Waals surface area contributed by atoms with Gasteiger partial charge in [-0.05, 0) is 25.0 Å². The number of carbonyl (C=O) groups is 2. The minimum Gasteiger partial charge on any atom is -0.353 e. The molecule has 3 rings (SSSR count). The van der Waals surface area contributed by atoms with Gasteiger partial charge in [0.25, 0.3) is 5.91 Å². The third-order valence-corrected chi connectivity index (χ3v) is 4.19. The van der Waals surface area contributed by atoms with Crippen LogP contribution in [0.15, 0.2) is 30.5 Å². The van der Waals surface area contributed by atoms with Gasteiger partial charge in [-0.2, -0.15) is 5.10 Å². The average Bonchev–Trinajstić information content (AvgIpc) is 3.00. The second-order valence-corrected chi connectivity index (χ2v) is 6.42. The van der Waals surface area contributed by atoms with Gasteiger partial charge in [-0.15, -0.1) is 0 Å². The Balaban J connectivity index is 1.98. The van der Waals surface area contributed by atoms with Crippen molar-refractivity contribution >= 4 is 11.8 Å². The van der Waals surface area contributed by atoms with E-state index >= 15 is 0 Å². The molecule has 126 valence electrons. The Labute approximate surface area is 141 Å². The van der Waals surface area contributed by atoms with E-state index in [2.05, 4.69) is 10.4 Å². The standard InChI is InChI=1S/C18H22N4O2/c1-12(2)17-15(18(24)21-9-8-19-16(23)11-21)10-20-22(17)14-6-4-13(3)5-7-14/h4-7,10,12H,8-9,11H2,1-3H3,(H,19,23). The summed E-state index contributed by atoms with van der Waals surface area (Å²) in [6.45, 7) is 7.24. The predicted molar refractivity (Wildman–Crippen MR) is 91.3 cm³/mol. The average molecular weight is 326 g/mol. The number of nitrogens with one attached hydrogen (secondary N) is 1. The molecule has 1 N–H and O–H groups in total. The van der Waals surface area contributed by atoms with Crippen LogP contribution in [0.3, 0.4) is 0 Å². The third kappa shape index (κ3) is 3.04. The number of hydrogen-bond acceptors (Lipinski definition) is 3.